The number of aromatic amines is 1. The largest absolute Gasteiger partial charge is 0.476 e. The average Bonchev–Trinajstić information content (AvgIpc) is 4.01. The summed E-state index contributed by atoms with van der Waals surface area (Å²) in [5.41, 5.74) is 6.78. The number of benzene rings is 3. The van der Waals surface area contributed by atoms with Gasteiger partial charge in [0, 0.05) is 86.4 Å². The predicted molar refractivity (Wildman–Crippen MR) is 261 cm³/mol. The molecule has 3 aliphatic heterocycles. The molecule has 5 aromatic rings. The molecule has 0 bridgehead atoms. The van der Waals surface area contributed by atoms with Crippen LogP contribution in [-0.4, -0.2) is 98.7 Å². The van der Waals surface area contributed by atoms with Gasteiger partial charge in [-0.1, -0.05) is 43.2 Å². The second-order valence-electron chi connectivity index (χ2n) is 19.5. The molecule has 2 saturated heterocycles. The number of ether oxygens (including phenoxy) is 2. The highest BCUT2D eigenvalue weighted by atomic mass is 35.5. The highest BCUT2D eigenvalue weighted by Gasteiger charge is 2.50. The van der Waals surface area contributed by atoms with Crippen molar-refractivity contribution in [1.29, 1.82) is 0 Å². The van der Waals surface area contributed by atoms with Gasteiger partial charge in [0.1, 0.15) is 17.0 Å². The first kappa shape index (κ1) is 45.1. The van der Waals surface area contributed by atoms with Crippen molar-refractivity contribution in [2.75, 3.05) is 74.2 Å². The molecule has 5 heterocycles. The van der Waals surface area contributed by atoms with Gasteiger partial charge >= 0.3 is 0 Å². The van der Waals surface area contributed by atoms with Crippen LogP contribution in [0, 0.1) is 21.4 Å². The maximum Gasteiger partial charge on any atom is 0.293 e. The number of nitro benzene ring substituents is 1. The number of fused-ring (bicyclic) bond motifs is 2. The molecule has 0 spiro atoms. The van der Waals surface area contributed by atoms with E-state index in [2.05, 4.69) is 50.8 Å². The van der Waals surface area contributed by atoms with Crippen LogP contribution in [0.2, 0.25) is 5.02 Å². The number of sulfonamides is 1. The minimum Gasteiger partial charge on any atom is -0.476 e. The van der Waals surface area contributed by atoms with Crippen LogP contribution in [0.4, 0.5) is 28.4 Å². The summed E-state index contributed by atoms with van der Waals surface area (Å²) < 4.78 is 42.1. The lowest BCUT2D eigenvalue weighted by atomic mass is 9.72. The third-order valence-corrected chi connectivity index (χ3v) is 16.0. The summed E-state index contributed by atoms with van der Waals surface area (Å²) >= 11 is 6.28. The highest BCUT2D eigenvalue weighted by Crippen LogP contribution is 2.50. The number of nitro groups is 1. The summed E-state index contributed by atoms with van der Waals surface area (Å²) in [6.45, 7) is 10.9. The Morgan fingerprint density at radius 2 is 1.72 bits per heavy atom. The Labute approximate surface area is 396 Å². The number of carbonyl (C=O) groups is 1. The number of allylic oxidation sites excluding steroid dienone is 1. The molecular formula is C50H57ClN8O7S. The Balaban J connectivity index is 0.925. The van der Waals surface area contributed by atoms with Crippen molar-refractivity contribution >= 4 is 72.6 Å². The van der Waals surface area contributed by atoms with E-state index in [1.807, 2.05) is 41.3 Å². The Morgan fingerprint density at radius 3 is 2.46 bits per heavy atom. The summed E-state index contributed by atoms with van der Waals surface area (Å²) in [7, 11) is -4.58. The molecule has 1 amide bonds. The smallest absolute Gasteiger partial charge is 0.293 e. The van der Waals surface area contributed by atoms with Crippen molar-refractivity contribution in [3.8, 4) is 5.88 Å². The minimum atomic E-state index is -4.58. The quantitative estimate of drug-likeness (QED) is 0.0800. The number of pyridine rings is 1. The predicted octanol–water partition coefficient (Wildman–Crippen LogP) is 9.32. The van der Waals surface area contributed by atoms with Crippen LogP contribution in [0.25, 0.3) is 16.6 Å². The Bertz CT molecular complexity index is 2850. The number of hydrogen-bond donors (Lipinski definition) is 3. The average molecular weight is 950 g/mol. The third-order valence-electron chi connectivity index (χ3n) is 14.5. The van der Waals surface area contributed by atoms with Crippen molar-refractivity contribution in [3.63, 3.8) is 0 Å². The number of aromatic nitrogens is 2. The summed E-state index contributed by atoms with van der Waals surface area (Å²) in [6, 6.07) is 21.4. The second kappa shape index (κ2) is 18.1. The van der Waals surface area contributed by atoms with Crippen molar-refractivity contribution in [3.05, 3.63) is 111 Å². The summed E-state index contributed by atoms with van der Waals surface area (Å²) in [5.74, 6) is -0.168. The van der Waals surface area contributed by atoms with E-state index in [1.165, 1.54) is 28.8 Å². The van der Waals surface area contributed by atoms with Gasteiger partial charge in [-0.2, -0.15) is 4.98 Å². The molecule has 0 radical (unpaired) electrons. The topological polar surface area (TPSA) is 175 Å². The first-order valence-electron chi connectivity index (χ1n) is 23.4. The SMILES string of the molecule is CC1(C)CCC(CN2CCN(c3ccc(C(=O)NS(=O)(=O)c4ccc(NC5(C6CCOCC6)CC5)c([N+](=O)[O-])c4)c(N4CCCOc5nc6[nH]ccc6cc54)c3)CC2)=C(c2ccc(Cl)cc2)C1. The molecule has 5 aliphatic rings. The van der Waals surface area contributed by atoms with Crippen LogP contribution in [0.3, 0.4) is 0 Å². The van der Waals surface area contributed by atoms with Gasteiger partial charge < -0.3 is 29.6 Å². The Morgan fingerprint density at radius 1 is 0.940 bits per heavy atom. The van der Waals surface area contributed by atoms with E-state index >= 15 is 0 Å². The lowest BCUT2D eigenvalue weighted by molar-refractivity contribution is -0.384. The standard InChI is InChI=1S/C50H57ClN8O7S/c1-49(2)16-12-35(41(31-49)33-4-6-37(51)7-5-33)32-56-21-23-57(24-22-56)38-8-10-40(43(29-38)58-20-3-25-66-48-45(58)28-34-13-19-52-46(34)53-48)47(60)55-67(63,64)39-9-11-42(44(30-39)59(61)62)54-50(17-18-50)36-14-26-65-27-15-36/h4-11,13,19,28-30,36,54H,3,12,14-18,20-27,31-32H2,1-2H3,(H,52,53)(H,55,60). The molecule has 3 N–H and O–H groups in total. The minimum absolute atomic E-state index is 0.120. The number of anilines is 4. The lowest BCUT2D eigenvalue weighted by Gasteiger charge is -2.39. The molecule has 1 saturated carbocycles. The van der Waals surface area contributed by atoms with E-state index < -0.39 is 20.9 Å². The number of nitrogens with one attached hydrogen (secondary N) is 3. The van der Waals surface area contributed by atoms with E-state index in [0.717, 1.165) is 99.8 Å². The second-order valence-corrected chi connectivity index (χ2v) is 21.6. The summed E-state index contributed by atoms with van der Waals surface area (Å²) in [6.07, 6.45) is 9.06. The molecule has 10 rings (SSSR count). The third kappa shape index (κ3) is 9.45. The van der Waals surface area contributed by atoms with E-state index in [1.54, 1.807) is 12.3 Å². The zero-order valence-electron chi connectivity index (χ0n) is 38.0. The number of hydrogen-bond acceptors (Lipinski definition) is 12. The first-order valence-corrected chi connectivity index (χ1v) is 25.3. The maximum atomic E-state index is 14.5. The number of carbonyl (C=O) groups excluding carboxylic acids is 1. The van der Waals surface area contributed by atoms with Crippen molar-refractivity contribution < 1.29 is 27.6 Å². The molecule has 15 nitrogen and oxygen atoms in total. The van der Waals surface area contributed by atoms with Crippen molar-refractivity contribution in [2.45, 2.75) is 75.6 Å². The molecular weight excluding hydrogens is 892 g/mol. The number of piperazine rings is 1. The van der Waals surface area contributed by atoms with Gasteiger partial charge in [0.25, 0.3) is 21.6 Å². The molecule has 67 heavy (non-hydrogen) atoms. The van der Waals surface area contributed by atoms with Gasteiger partial charge in [0.2, 0.25) is 5.88 Å². The van der Waals surface area contributed by atoms with Gasteiger partial charge in [-0.15, -0.1) is 0 Å². The summed E-state index contributed by atoms with van der Waals surface area (Å²) in [4.78, 5) is 40.7. The number of halogens is 1. The van der Waals surface area contributed by atoms with Gasteiger partial charge in [-0.05, 0) is 128 Å². The van der Waals surface area contributed by atoms with Crippen LogP contribution in [0.5, 0.6) is 5.88 Å². The molecule has 2 aliphatic carbocycles. The monoisotopic (exact) mass is 948 g/mol. The summed E-state index contributed by atoms with van der Waals surface area (Å²) in [5, 5.41) is 17.4. The van der Waals surface area contributed by atoms with Crippen molar-refractivity contribution in [2.24, 2.45) is 11.3 Å². The van der Waals surface area contributed by atoms with Gasteiger partial charge in [-0.3, -0.25) is 19.8 Å². The van der Waals surface area contributed by atoms with Crippen LogP contribution < -0.4 is 24.6 Å². The number of H-pyrrole nitrogens is 1. The molecule has 3 aromatic carbocycles. The highest BCUT2D eigenvalue weighted by molar-refractivity contribution is 7.90. The van der Waals surface area contributed by atoms with Crippen LogP contribution >= 0.6 is 11.6 Å². The maximum absolute atomic E-state index is 14.5. The number of amides is 1. The molecule has 0 unspecified atom stereocenters. The van der Waals surface area contributed by atoms with Crippen LogP contribution in [-0.2, 0) is 14.8 Å². The normalized spacial score (nSPS) is 19.9. The molecule has 17 heteroatoms. The van der Waals surface area contributed by atoms with Crippen molar-refractivity contribution in [1.82, 2.24) is 19.6 Å². The first-order chi connectivity index (χ1) is 32.2. The fraction of sp³-hybridized carbons (Fsp3) is 0.440. The molecule has 352 valence electrons. The molecule has 2 aromatic heterocycles. The van der Waals surface area contributed by atoms with E-state index in [4.69, 9.17) is 26.1 Å². The molecule has 0 atom stereocenters. The fourth-order valence-corrected chi connectivity index (χ4v) is 11.6. The van der Waals surface area contributed by atoms with Gasteiger partial charge in [0.05, 0.1) is 27.7 Å². The van der Waals surface area contributed by atoms with Gasteiger partial charge in [-0.25, -0.2) is 13.1 Å². The Hall–Kier alpha value is -5.68. The van der Waals surface area contributed by atoms with E-state index in [0.29, 0.717) is 61.6 Å². The van der Waals surface area contributed by atoms with Crippen LogP contribution in [0.1, 0.15) is 81.1 Å². The van der Waals surface area contributed by atoms with Gasteiger partial charge in [0.15, 0.2) is 0 Å². The fourth-order valence-electron chi connectivity index (χ4n) is 10.5. The zero-order chi connectivity index (χ0) is 46.5. The molecule has 3 fully saturated rings. The van der Waals surface area contributed by atoms with E-state index in [9.17, 15) is 23.3 Å². The lowest BCUT2D eigenvalue weighted by Crippen LogP contribution is -2.47. The van der Waals surface area contributed by atoms with E-state index in [-0.39, 0.29) is 32.8 Å². The number of nitrogens with zero attached hydrogens (tertiary/aromatic N) is 5. The van der Waals surface area contributed by atoms with Crippen LogP contribution in [0.15, 0.2) is 89.5 Å². The Kier molecular flexibility index (Phi) is 12.2. The number of rotatable bonds is 12. The zero-order valence-corrected chi connectivity index (χ0v) is 39.6.